The Morgan fingerprint density at radius 1 is 1.10 bits per heavy atom. The summed E-state index contributed by atoms with van der Waals surface area (Å²) in [6.07, 6.45) is 18.6. The second-order valence-corrected chi connectivity index (χ2v) is 11.0. The van der Waals surface area contributed by atoms with Gasteiger partial charge in [0.1, 0.15) is 0 Å². The lowest BCUT2D eigenvalue weighted by Crippen LogP contribution is -2.62. The van der Waals surface area contributed by atoms with Gasteiger partial charge in [-0.3, -0.25) is 9.18 Å². The van der Waals surface area contributed by atoms with Crippen molar-refractivity contribution in [2.45, 2.75) is 89.6 Å². The Hall–Kier alpha value is -1.42. The molecule has 0 aromatic carbocycles. The van der Waals surface area contributed by atoms with Gasteiger partial charge in [0.05, 0.1) is 12.1 Å². The zero-order chi connectivity index (χ0) is 21.4. The third-order valence-corrected chi connectivity index (χ3v) is 8.68. The summed E-state index contributed by atoms with van der Waals surface area (Å²) in [4.78, 5) is 13.7. The van der Waals surface area contributed by atoms with Crippen molar-refractivity contribution >= 4 is 5.91 Å². The van der Waals surface area contributed by atoms with Gasteiger partial charge < -0.3 is 11.1 Å². The average molecular weight is 415 g/mol. The van der Waals surface area contributed by atoms with Gasteiger partial charge in [-0.05, 0) is 99.9 Å². The van der Waals surface area contributed by atoms with Crippen LogP contribution in [0.25, 0.3) is 0 Å². The van der Waals surface area contributed by atoms with Crippen LogP contribution in [0, 0.1) is 22.2 Å². The molecule has 5 saturated carbocycles. The van der Waals surface area contributed by atoms with Crippen LogP contribution < -0.4 is 11.1 Å². The molecule has 0 saturated heterocycles. The highest BCUT2D eigenvalue weighted by Crippen LogP contribution is 2.72. The SMILES string of the molecule is C=C(/C=C\C=C/C)[C@]12CC3CC(C(=O)N[C@H]4CC[C@H](N)CC4)(C[C@](CCF)(C3)C1)C2. The predicted molar refractivity (Wildman–Crippen MR) is 121 cm³/mol. The van der Waals surface area contributed by atoms with E-state index < -0.39 is 0 Å². The minimum atomic E-state index is -0.356. The monoisotopic (exact) mass is 414 g/mol. The molecule has 0 spiro atoms. The van der Waals surface area contributed by atoms with Crippen LogP contribution in [0.3, 0.4) is 0 Å². The number of nitrogens with one attached hydrogen (secondary N) is 1. The highest BCUT2D eigenvalue weighted by Gasteiger charge is 2.65. The molecule has 4 heteroatoms. The number of hydrogen-bond donors (Lipinski definition) is 2. The van der Waals surface area contributed by atoms with E-state index in [9.17, 15) is 9.18 Å². The number of amides is 1. The van der Waals surface area contributed by atoms with Crippen LogP contribution in [0.5, 0.6) is 0 Å². The molecule has 4 bridgehead atoms. The fourth-order valence-corrected chi connectivity index (χ4v) is 7.79. The summed E-state index contributed by atoms with van der Waals surface area (Å²) in [7, 11) is 0. The van der Waals surface area contributed by atoms with E-state index in [1.807, 2.05) is 19.1 Å². The van der Waals surface area contributed by atoms with Crippen molar-refractivity contribution < 1.29 is 9.18 Å². The summed E-state index contributed by atoms with van der Waals surface area (Å²) in [5, 5.41) is 3.42. The molecular formula is C26H39FN2O. The Morgan fingerprint density at radius 3 is 2.50 bits per heavy atom. The fourth-order valence-electron chi connectivity index (χ4n) is 7.79. The second kappa shape index (κ2) is 8.26. The van der Waals surface area contributed by atoms with Crippen molar-refractivity contribution in [2.24, 2.45) is 27.9 Å². The van der Waals surface area contributed by atoms with Gasteiger partial charge in [0.15, 0.2) is 0 Å². The lowest BCUT2D eigenvalue weighted by Gasteiger charge is -2.66. The molecule has 2 unspecified atom stereocenters. The molecule has 4 atom stereocenters. The Bertz CT molecular complexity index is 737. The van der Waals surface area contributed by atoms with Gasteiger partial charge >= 0.3 is 0 Å². The normalized spacial score (nSPS) is 42.8. The van der Waals surface area contributed by atoms with Crippen molar-refractivity contribution in [2.75, 3.05) is 6.67 Å². The molecule has 0 radical (unpaired) electrons. The van der Waals surface area contributed by atoms with Crippen molar-refractivity contribution in [3.05, 3.63) is 36.5 Å². The molecule has 5 fully saturated rings. The molecule has 5 aliphatic rings. The summed E-state index contributed by atoms with van der Waals surface area (Å²) in [5.74, 6) is 0.732. The number of carbonyl (C=O) groups is 1. The Balaban J connectivity index is 1.60. The summed E-state index contributed by atoms with van der Waals surface area (Å²) in [6.45, 7) is 6.18. The topological polar surface area (TPSA) is 55.1 Å². The van der Waals surface area contributed by atoms with E-state index in [1.54, 1.807) is 0 Å². The molecule has 5 rings (SSSR count). The summed E-state index contributed by atoms with van der Waals surface area (Å²) in [6, 6.07) is 0.525. The quantitative estimate of drug-likeness (QED) is 0.550. The predicted octanol–water partition coefficient (Wildman–Crippen LogP) is 5.38. The van der Waals surface area contributed by atoms with Gasteiger partial charge in [-0.1, -0.05) is 30.9 Å². The van der Waals surface area contributed by atoms with Crippen LogP contribution >= 0.6 is 0 Å². The van der Waals surface area contributed by atoms with E-state index in [2.05, 4.69) is 24.0 Å². The minimum absolute atomic E-state index is 0.0438. The third kappa shape index (κ3) is 3.92. The number of hydrogen-bond acceptors (Lipinski definition) is 2. The molecule has 3 nitrogen and oxygen atoms in total. The zero-order valence-corrected chi connectivity index (χ0v) is 18.6. The first-order chi connectivity index (χ1) is 14.3. The smallest absolute Gasteiger partial charge is 0.226 e. The lowest BCUT2D eigenvalue weighted by molar-refractivity contribution is -0.172. The highest BCUT2D eigenvalue weighted by atomic mass is 19.1. The highest BCUT2D eigenvalue weighted by molar-refractivity contribution is 5.84. The largest absolute Gasteiger partial charge is 0.353 e. The van der Waals surface area contributed by atoms with Crippen molar-refractivity contribution in [3.63, 3.8) is 0 Å². The van der Waals surface area contributed by atoms with Gasteiger partial charge in [0.25, 0.3) is 0 Å². The van der Waals surface area contributed by atoms with Crippen LogP contribution in [-0.4, -0.2) is 24.7 Å². The van der Waals surface area contributed by atoms with Gasteiger partial charge in [-0.2, -0.15) is 0 Å². The van der Waals surface area contributed by atoms with E-state index in [0.717, 1.165) is 69.8 Å². The zero-order valence-electron chi connectivity index (χ0n) is 18.6. The molecule has 5 aliphatic carbocycles. The van der Waals surface area contributed by atoms with E-state index >= 15 is 0 Å². The van der Waals surface area contributed by atoms with Crippen molar-refractivity contribution in [1.82, 2.24) is 5.32 Å². The number of allylic oxidation sites excluding steroid dienone is 5. The van der Waals surface area contributed by atoms with Gasteiger partial charge in [0, 0.05) is 12.1 Å². The maximum atomic E-state index is 13.7. The number of carbonyl (C=O) groups excluding carboxylic acids is 1. The summed E-state index contributed by atoms with van der Waals surface area (Å²) < 4.78 is 13.7. The molecule has 1 amide bonds. The molecule has 166 valence electrons. The first kappa shape index (κ1) is 21.8. The first-order valence-electron chi connectivity index (χ1n) is 12.0. The average Bonchev–Trinajstić information content (AvgIpc) is 2.69. The lowest BCUT2D eigenvalue weighted by atomic mass is 9.37. The molecule has 0 aliphatic heterocycles. The van der Waals surface area contributed by atoms with Crippen molar-refractivity contribution in [3.8, 4) is 0 Å². The molecule has 30 heavy (non-hydrogen) atoms. The Morgan fingerprint density at radius 2 is 1.80 bits per heavy atom. The molecule has 0 heterocycles. The maximum absolute atomic E-state index is 13.7. The van der Waals surface area contributed by atoms with Gasteiger partial charge in [-0.15, -0.1) is 0 Å². The standard InChI is InChI=1S/C26H39FN2O/c1-3-4-5-6-19(2)25-14-20-13-24(16-25,11-12-27)17-26(15-20,18-25)23(30)29-22-9-7-21(28)8-10-22/h3-6,20-22H,2,7-18,28H2,1H3,(H,29,30)/b4-3-,6-5-/t20?,21-,22-,24-,25-,26?/m1/s1. The molecule has 0 aromatic rings. The minimum Gasteiger partial charge on any atom is -0.353 e. The van der Waals surface area contributed by atoms with E-state index in [1.165, 1.54) is 0 Å². The third-order valence-electron chi connectivity index (χ3n) is 8.68. The molecule has 0 aromatic heterocycles. The summed E-state index contributed by atoms with van der Waals surface area (Å²) >= 11 is 0. The van der Waals surface area contributed by atoms with Crippen LogP contribution in [0.1, 0.15) is 77.6 Å². The fraction of sp³-hybridized carbons (Fsp3) is 0.731. The van der Waals surface area contributed by atoms with Crippen molar-refractivity contribution in [1.29, 1.82) is 0 Å². The first-order valence-corrected chi connectivity index (χ1v) is 12.0. The number of alkyl halides is 1. The number of nitrogens with two attached hydrogens (primary N) is 1. The second-order valence-electron chi connectivity index (χ2n) is 11.0. The van der Waals surface area contributed by atoms with Crippen LogP contribution in [-0.2, 0) is 4.79 Å². The Labute approximate surface area is 181 Å². The van der Waals surface area contributed by atoms with E-state index in [0.29, 0.717) is 12.3 Å². The molecule has 3 N–H and O–H groups in total. The molecular weight excluding hydrogens is 375 g/mol. The maximum Gasteiger partial charge on any atom is 0.226 e. The van der Waals surface area contributed by atoms with Gasteiger partial charge in [-0.25, -0.2) is 0 Å². The van der Waals surface area contributed by atoms with Crippen LogP contribution in [0.15, 0.2) is 36.5 Å². The van der Waals surface area contributed by atoms with Crippen LogP contribution in [0.4, 0.5) is 4.39 Å². The Kier molecular flexibility index (Phi) is 6.00. The summed E-state index contributed by atoms with van der Waals surface area (Å²) in [5.41, 5.74) is 6.73. The van der Waals surface area contributed by atoms with Gasteiger partial charge in [0.2, 0.25) is 5.91 Å². The van der Waals surface area contributed by atoms with E-state index in [-0.39, 0.29) is 40.9 Å². The number of halogens is 1. The number of rotatable bonds is 7. The van der Waals surface area contributed by atoms with Crippen LogP contribution in [0.2, 0.25) is 0 Å². The van der Waals surface area contributed by atoms with E-state index in [4.69, 9.17) is 5.73 Å².